The van der Waals surface area contributed by atoms with Gasteiger partial charge in [-0.25, -0.2) is 25.3 Å². The molecule has 4 saturated heterocycles. The third-order valence-corrected chi connectivity index (χ3v) is 21.3. The lowest BCUT2D eigenvalue weighted by atomic mass is 10.00. The van der Waals surface area contributed by atoms with Crippen molar-refractivity contribution >= 4 is 137 Å². The highest BCUT2D eigenvalue weighted by atomic mass is 35.5. The molecule has 478 valence electrons. The van der Waals surface area contributed by atoms with E-state index in [0.717, 1.165) is 98.2 Å². The standard InChI is InChI=1S/C15H20ClN5O.C15H22N4O2S.C14H19ClN4O3S.C13H17ClN4O2S/c1-19(2)15(22)10-20-3-5-21(6-4-20)14-8-11(16)7-13-12(14)9-17-18-13;1-11(2)12-8-14-13(10-16-17-14)15(9-12)18-4-6-19(7-5-18)22(3,20)21;1-22-6-7-23(20,21)19-4-2-18(3-5-19)14-9-11(15)8-13-12(14)10-16-17-13;1-9-13-11(16-15-9)7-10(14)8-12(13)17-3-5-18(6-4-17)21(2,19)20/h7-9H,3-6,10H2,1-2H3,(H,17,18);8-11H,4-7H2,1-3H3,(H,16,17);8-10H,2-7H2,1H3,(H,16,17);7-8H,3-6H2,1-2H3,(H,15,16). The molecule has 0 saturated carbocycles. The lowest BCUT2D eigenvalue weighted by Gasteiger charge is -2.36. The zero-order valence-electron chi connectivity index (χ0n) is 50.8. The molecule has 4 aromatic heterocycles. The monoisotopic (exact) mass is 1330 g/mol. The van der Waals surface area contributed by atoms with Gasteiger partial charge >= 0.3 is 0 Å². The molecule has 1 amide bonds. The number of likely N-dealkylation sites (N-methyl/N-ethyl adjacent to an activating group) is 1. The number of carbonyl (C=O) groups excluding carboxylic acids is 1. The Morgan fingerprint density at radius 1 is 0.557 bits per heavy atom. The van der Waals surface area contributed by atoms with Crippen molar-refractivity contribution in [2.75, 3.05) is 177 Å². The molecule has 4 fully saturated rings. The van der Waals surface area contributed by atoms with E-state index in [4.69, 9.17) is 39.5 Å². The number of amides is 1. The molecule has 4 aromatic carbocycles. The number of ether oxygens (including phenoxy) is 1. The number of rotatable bonds is 13. The van der Waals surface area contributed by atoms with Crippen LogP contribution in [0.1, 0.15) is 31.0 Å². The Hall–Kier alpha value is -6.05. The number of nitrogens with zero attached hydrogens (tertiary/aromatic N) is 13. The van der Waals surface area contributed by atoms with Crippen molar-refractivity contribution in [2.45, 2.75) is 26.7 Å². The van der Waals surface area contributed by atoms with Gasteiger partial charge in [-0.1, -0.05) is 48.7 Å². The van der Waals surface area contributed by atoms with Crippen LogP contribution in [0.15, 0.2) is 67.1 Å². The molecular formula is C57H78Cl3N17O8S3. The molecule has 0 bridgehead atoms. The van der Waals surface area contributed by atoms with Gasteiger partial charge < -0.3 is 29.2 Å². The Morgan fingerprint density at radius 2 is 0.955 bits per heavy atom. The Labute approximate surface area is 529 Å². The van der Waals surface area contributed by atoms with Crippen LogP contribution in [0.4, 0.5) is 22.7 Å². The van der Waals surface area contributed by atoms with E-state index in [1.807, 2.05) is 55.7 Å². The summed E-state index contributed by atoms with van der Waals surface area (Å²) in [5, 5.41) is 34.6. The molecule has 4 N–H and O–H groups in total. The van der Waals surface area contributed by atoms with E-state index in [1.165, 1.54) is 33.8 Å². The number of benzene rings is 4. The first-order valence-corrected chi connectivity index (χ1v) is 35.4. The van der Waals surface area contributed by atoms with Crippen molar-refractivity contribution in [2.24, 2.45) is 0 Å². The lowest BCUT2D eigenvalue weighted by Crippen LogP contribution is -2.49. The summed E-state index contributed by atoms with van der Waals surface area (Å²) in [6.45, 7) is 17.4. The number of aromatic amines is 4. The van der Waals surface area contributed by atoms with Crippen LogP contribution in [-0.2, 0) is 39.6 Å². The molecule has 31 heteroatoms. The highest BCUT2D eigenvalue weighted by Crippen LogP contribution is 2.35. The second-order valence-corrected chi connectivity index (χ2v) is 30.1. The fourth-order valence-electron chi connectivity index (χ4n) is 11.2. The zero-order chi connectivity index (χ0) is 63.2. The second kappa shape index (κ2) is 28.4. The second-order valence-electron chi connectivity index (χ2n) is 22.8. The molecule has 0 atom stereocenters. The number of nitrogens with one attached hydrogen (secondary N) is 4. The van der Waals surface area contributed by atoms with E-state index in [0.29, 0.717) is 106 Å². The van der Waals surface area contributed by atoms with Crippen LogP contribution >= 0.6 is 34.8 Å². The number of hydrogen-bond acceptors (Lipinski definition) is 17. The van der Waals surface area contributed by atoms with Crippen molar-refractivity contribution in [3.8, 4) is 0 Å². The molecule has 8 heterocycles. The molecule has 0 aliphatic carbocycles. The first-order valence-electron chi connectivity index (χ1n) is 28.9. The fraction of sp³-hybridized carbons (Fsp3) is 0.491. The van der Waals surface area contributed by atoms with Crippen molar-refractivity contribution in [1.29, 1.82) is 0 Å². The van der Waals surface area contributed by atoms with Crippen LogP contribution in [-0.4, -0.2) is 252 Å². The summed E-state index contributed by atoms with van der Waals surface area (Å²) in [4.78, 5) is 24.5. The molecule has 4 aliphatic heterocycles. The van der Waals surface area contributed by atoms with E-state index in [-0.39, 0.29) is 18.3 Å². The Kier molecular flexibility index (Phi) is 21.4. The van der Waals surface area contributed by atoms with Crippen LogP contribution in [0.3, 0.4) is 0 Å². The molecule has 0 spiro atoms. The number of halogens is 3. The average Bonchev–Trinajstić information content (AvgIpc) is 2.44. The van der Waals surface area contributed by atoms with Crippen LogP contribution in [0.25, 0.3) is 43.6 Å². The summed E-state index contributed by atoms with van der Waals surface area (Å²) in [5.41, 5.74) is 10.2. The van der Waals surface area contributed by atoms with E-state index in [1.54, 1.807) is 29.5 Å². The maximum Gasteiger partial charge on any atom is 0.236 e. The van der Waals surface area contributed by atoms with Crippen molar-refractivity contribution in [1.82, 2.24) is 63.5 Å². The summed E-state index contributed by atoms with van der Waals surface area (Å²) >= 11 is 18.5. The maximum absolute atomic E-state index is 12.2. The lowest BCUT2D eigenvalue weighted by molar-refractivity contribution is -0.130. The summed E-state index contributed by atoms with van der Waals surface area (Å²) in [6, 6.07) is 15.7. The summed E-state index contributed by atoms with van der Waals surface area (Å²) in [7, 11) is -4.38. The first kappa shape index (κ1) is 66.4. The normalized spacial score (nSPS) is 17.1. The summed E-state index contributed by atoms with van der Waals surface area (Å²) in [6.07, 6.45) is 7.97. The fourth-order valence-corrected chi connectivity index (χ4v) is 14.8. The maximum atomic E-state index is 12.2. The topological polar surface area (TPSA) is 273 Å². The number of piperazine rings is 4. The van der Waals surface area contributed by atoms with Crippen molar-refractivity contribution < 1.29 is 34.8 Å². The molecule has 0 unspecified atom stereocenters. The Balaban J connectivity index is 0.000000140. The quantitative estimate of drug-likeness (QED) is 0.101. The zero-order valence-corrected chi connectivity index (χ0v) is 55.5. The highest BCUT2D eigenvalue weighted by Gasteiger charge is 2.30. The van der Waals surface area contributed by atoms with Gasteiger partial charge in [-0.2, -0.15) is 33.3 Å². The molecule has 12 rings (SSSR count). The third kappa shape index (κ3) is 16.1. The predicted octanol–water partition coefficient (Wildman–Crippen LogP) is 6.12. The Morgan fingerprint density at radius 3 is 1.39 bits per heavy atom. The van der Waals surface area contributed by atoms with Crippen LogP contribution in [0.5, 0.6) is 0 Å². The minimum atomic E-state index is -3.25. The van der Waals surface area contributed by atoms with Gasteiger partial charge in [0.1, 0.15) is 0 Å². The summed E-state index contributed by atoms with van der Waals surface area (Å²) in [5.74, 6) is 0.601. The van der Waals surface area contributed by atoms with Crippen LogP contribution in [0.2, 0.25) is 15.1 Å². The number of anilines is 4. The molecule has 4 aliphatic rings. The van der Waals surface area contributed by atoms with Gasteiger partial charge in [-0.3, -0.25) is 30.1 Å². The minimum Gasteiger partial charge on any atom is -0.384 e. The number of sulfonamides is 3. The van der Waals surface area contributed by atoms with Gasteiger partial charge in [0.25, 0.3) is 0 Å². The summed E-state index contributed by atoms with van der Waals surface area (Å²) < 4.78 is 80.3. The van der Waals surface area contributed by atoms with Gasteiger partial charge in [0.05, 0.1) is 72.1 Å². The molecule has 8 aromatic rings. The predicted molar refractivity (Wildman–Crippen MR) is 352 cm³/mol. The Bertz CT molecular complexity index is 4060. The number of H-pyrrole nitrogens is 4. The molecule has 25 nitrogen and oxygen atoms in total. The number of aryl methyl sites for hydroxylation is 1. The highest BCUT2D eigenvalue weighted by molar-refractivity contribution is 7.89. The van der Waals surface area contributed by atoms with Crippen LogP contribution < -0.4 is 19.6 Å². The minimum absolute atomic E-state index is 0.0205. The van der Waals surface area contributed by atoms with E-state index in [2.05, 4.69) is 91.3 Å². The van der Waals surface area contributed by atoms with Gasteiger partial charge in [0.2, 0.25) is 36.0 Å². The van der Waals surface area contributed by atoms with E-state index < -0.39 is 30.1 Å². The van der Waals surface area contributed by atoms with Gasteiger partial charge in [0.15, 0.2) is 0 Å². The third-order valence-electron chi connectivity index (χ3n) is 16.2. The number of aromatic nitrogens is 8. The van der Waals surface area contributed by atoms with Crippen molar-refractivity contribution in [3.05, 3.63) is 93.4 Å². The molecular weight excluding hydrogens is 1250 g/mol. The van der Waals surface area contributed by atoms with Gasteiger partial charge in [-0.05, 0) is 66.9 Å². The number of carbonyl (C=O) groups is 1. The number of hydrogen-bond donors (Lipinski definition) is 4. The number of methoxy groups -OCH3 is 1. The van der Waals surface area contributed by atoms with Crippen LogP contribution in [0, 0.1) is 6.92 Å². The first-order chi connectivity index (χ1) is 41.8. The van der Waals surface area contributed by atoms with E-state index in [9.17, 15) is 30.0 Å². The van der Waals surface area contributed by atoms with Crippen molar-refractivity contribution in [3.63, 3.8) is 0 Å². The molecule has 88 heavy (non-hydrogen) atoms. The number of fused-ring (bicyclic) bond motifs is 4. The largest absolute Gasteiger partial charge is 0.384 e. The molecule has 0 radical (unpaired) electrons. The SMILES string of the molecule is CC(C)c1cc(N2CCN(S(C)(=O)=O)CC2)c2cn[nH]c2c1.CN(C)C(=O)CN1CCN(c2cc(Cl)cc3[nH]ncc23)CC1.COCCS(=O)(=O)N1CCN(c2cc(Cl)cc3[nH]ncc23)CC1.Cc1[nH]nc2cc(Cl)cc(N3CCN(S(C)(=O)=O)CC3)c12. The van der Waals surface area contributed by atoms with E-state index >= 15 is 0 Å². The van der Waals surface area contributed by atoms with Gasteiger partial charge in [-0.15, -0.1) is 0 Å². The van der Waals surface area contributed by atoms with Gasteiger partial charge in [0, 0.05) is 191 Å². The smallest absolute Gasteiger partial charge is 0.236 e. The average molecular weight is 1330 g/mol.